The van der Waals surface area contributed by atoms with Crippen molar-refractivity contribution < 1.29 is 17.9 Å². The van der Waals surface area contributed by atoms with E-state index < -0.39 is 10.0 Å². The lowest BCUT2D eigenvalue weighted by Gasteiger charge is -2.23. The number of rotatable bonds is 7. The summed E-state index contributed by atoms with van der Waals surface area (Å²) in [5.41, 5.74) is 0.912. The minimum atomic E-state index is -3.78. The van der Waals surface area contributed by atoms with Gasteiger partial charge < -0.3 is 10.1 Å². The van der Waals surface area contributed by atoms with Crippen LogP contribution in [0.2, 0.25) is 0 Å². The highest BCUT2D eigenvalue weighted by atomic mass is 32.2. The van der Waals surface area contributed by atoms with E-state index in [1.54, 1.807) is 51.1 Å². The normalized spacial score (nSPS) is 11.3. The van der Waals surface area contributed by atoms with Crippen molar-refractivity contribution in [3.63, 3.8) is 0 Å². The van der Waals surface area contributed by atoms with E-state index in [-0.39, 0.29) is 23.3 Å². The Balaban J connectivity index is 2.47. The smallest absolute Gasteiger partial charge is 0.264 e. The molecule has 0 heterocycles. The number of hydrogen-bond donors (Lipinski definition) is 1. The van der Waals surface area contributed by atoms with Gasteiger partial charge in [-0.2, -0.15) is 0 Å². The molecule has 1 N–H and O–H groups in total. The monoisotopic (exact) mass is 376 g/mol. The third-order valence-electron chi connectivity index (χ3n) is 3.87. The summed E-state index contributed by atoms with van der Waals surface area (Å²) in [4.78, 5) is 12.1. The van der Waals surface area contributed by atoms with Crippen molar-refractivity contribution in [1.29, 1.82) is 0 Å². The number of carbonyl (C=O) groups excluding carboxylic acids is 1. The number of carbonyl (C=O) groups is 1. The molecule has 2 rings (SSSR count). The molecule has 0 aliphatic heterocycles. The largest absolute Gasteiger partial charge is 0.495 e. The van der Waals surface area contributed by atoms with E-state index in [1.165, 1.54) is 23.5 Å². The maximum absolute atomic E-state index is 13.1. The summed E-state index contributed by atoms with van der Waals surface area (Å²) in [7, 11) is -2.31. The minimum absolute atomic E-state index is 0.0862. The van der Waals surface area contributed by atoms with Crippen molar-refractivity contribution in [2.45, 2.75) is 25.7 Å². The number of ether oxygens (including phenoxy) is 1. The maximum atomic E-state index is 13.1. The van der Waals surface area contributed by atoms with Crippen LogP contribution in [0.1, 0.15) is 20.8 Å². The molecule has 0 fully saturated rings. The molecule has 6 nitrogen and oxygen atoms in total. The summed E-state index contributed by atoms with van der Waals surface area (Å²) in [6.45, 7) is 5.58. The Morgan fingerprint density at radius 3 is 2.35 bits per heavy atom. The van der Waals surface area contributed by atoms with Crippen molar-refractivity contribution in [2.24, 2.45) is 5.92 Å². The molecule has 0 aromatic heterocycles. The predicted molar refractivity (Wildman–Crippen MR) is 103 cm³/mol. The van der Waals surface area contributed by atoms with Crippen molar-refractivity contribution in [3.8, 4) is 5.75 Å². The van der Waals surface area contributed by atoms with Crippen LogP contribution in [0.15, 0.2) is 53.4 Å². The molecule has 0 saturated heterocycles. The highest BCUT2D eigenvalue weighted by molar-refractivity contribution is 7.92. The molecule has 0 unspecified atom stereocenters. The van der Waals surface area contributed by atoms with Gasteiger partial charge in [-0.15, -0.1) is 0 Å². The quantitative estimate of drug-likeness (QED) is 0.802. The Bertz CT molecular complexity index is 864. The molecule has 140 valence electrons. The van der Waals surface area contributed by atoms with Crippen LogP contribution in [-0.4, -0.2) is 28.0 Å². The number of benzene rings is 2. The molecule has 0 atom stereocenters. The lowest BCUT2D eigenvalue weighted by atomic mass is 10.2. The third-order valence-corrected chi connectivity index (χ3v) is 5.77. The predicted octanol–water partition coefficient (Wildman–Crippen LogP) is 3.50. The number of para-hydroxylation sites is 1. The summed E-state index contributed by atoms with van der Waals surface area (Å²) in [5.74, 6) is -0.0506. The van der Waals surface area contributed by atoms with E-state index >= 15 is 0 Å². The Kier molecular flexibility index (Phi) is 6.26. The number of amides is 1. The molecule has 1 amide bonds. The molecule has 0 aliphatic carbocycles. The standard InChI is InChI=1S/C19H24N2O4S/c1-5-21(15-9-7-6-8-10-15)26(23,24)16-11-12-18(25-4)17(13-16)20-19(22)14(2)3/h6-14H,5H2,1-4H3,(H,20,22). The molecule has 0 bridgehead atoms. The van der Waals surface area contributed by atoms with E-state index in [2.05, 4.69) is 5.32 Å². The van der Waals surface area contributed by atoms with Gasteiger partial charge in [0.2, 0.25) is 5.91 Å². The molecule has 0 saturated carbocycles. The van der Waals surface area contributed by atoms with Crippen LogP contribution >= 0.6 is 0 Å². The van der Waals surface area contributed by atoms with E-state index in [0.29, 0.717) is 17.1 Å². The van der Waals surface area contributed by atoms with Gasteiger partial charge in [0.15, 0.2) is 0 Å². The number of sulfonamides is 1. The zero-order valence-corrected chi connectivity index (χ0v) is 16.2. The fourth-order valence-corrected chi connectivity index (χ4v) is 3.94. The second-order valence-electron chi connectivity index (χ2n) is 6.01. The van der Waals surface area contributed by atoms with Gasteiger partial charge in [0.25, 0.3) is 10.0 Å². The van der Waals surface area contributed by atoms with Crippen LogP contribution in [-0.2, 0) is 14.8 Å². The van der Waals surface area contributed by atoms with Crippen LogP contribution < -0.4 is 14.4 Å². The average Bonchev–Trinajstić information content (AvgIpc) is 2.62. The minimum Gasteiger partial charge on any atom is -0.495 e. The molecular weight excluding hydrogens is 352 g/mol. The van der Waals surface area contributed by atoms with Crippen molar-refractivity contribution in [3.05, 3.63) is 48.5 Å². The Morgan fingerprint density at radius 2 is 1.81 bits per heavy atom. The molecule has 7 heteroatoms. The van der Waals surface area contributed by atoms with Gasteiger partial charge in [-0.25, -0.2) is 8.42 Å². The fraction of sp³-hybridized carbons (Fsp3) is 0.316. The first-order valence-corrected chi connectivity index (χ1v) is 9.82. The van der Waals surface area contributed by atoms with E-state index in [0.717, 1.165) is 0 Å². The SMILES string of the molecule is CCN(c1ccccc1)S(=O)(=O)c1ccc(OC)c(NC(=O)C(C)C)c1. The van der Waals surface area contributed by atoms with Gasteiger partial charge in [-0.3, -0.25) is 9.10 Å². The Hall–Kier alpha value is -2.54. The summed E-state index contributed by atoms with van der Waals surface area (Å²) in [6.07, 6.45) is 0. The number of nitrogens with one attached hydrogen (secondary N) is 1. The lowest BCUT2D eigenvalue weighted by molar-refractivity contribution is -0.118. The second-order valence-corrected chi connectivity index (χ2v) is 7.87. The summed E-state index contributed by atoms with van der Waals surface area (Å²) in [5, 5.41) is 2.72. The Labute approximate surface area is 154 Å². The van der Waals surface area contributed by atoms with Crippen LogP contribution in [0.25, 0.3) is 0 Å². The number of methoxy groups -OCH3 is 1. The molecule has 0 aliphatic rings. The highest BCUT2D eigenvalue weighted by Crippen LogP contribution is 2.31. The van der Waals surface area contributed by atoms with Gasteiger partial charge in [0.05, 0.1) is 23.4 Å². The molecule has 26 heavy (non-hydrogen) atoms. The molecule has 0 radical (unpaired) electrons. The van der Waals surface area contributed by atoms with Crippen molar-refractivity contribution >= 4 is 27.3 Å². The lowest BCUT2D eigenvalue weighted by Crippen LogP contribution is -2.30. The van der Waals surface area contributed by atoms with E-state index in [9.17, 15) is 13.2 Å². The maximum Gasteiger partial charge on any atom is 0.264 e. The number of nitrogens with zero attached hydrogens (tertiary/aromatic N) is 1. The van der Waals surface area contributed by atoms with Crippen LogP contribution in [0.3, 0.4) is 0 Å². The summed E-state index contributed by atoms with van der Waals surface area (Å²) >= 11 is 0. The Morgan fingerprint density at radius 1 is 1.15 bits per heavy atom. The number of anilines is 2. The first-order valence-electron chi connectivity index (χ1n) is 8.38. The van der Waals surface area contributed by atoms with Crippen molar-refractivity contribution in [1.82, 2.24) is 0 Å². The molecule has 0 spiro atoms. The molecular formula is C19H24N2O4S. The van der Waals surface area contributed by atoms with Crippen LogP contribution in [0.4, 0.5) is 11.4 Å². The van der Waals surface area contributed by atoms with Gasteiger partial charge in [-0.1, -0.05) is 32.0 Å². The van der Waals surface area contributed by atoms with Gasteiger partial charge in [-0.05, 0) is 37.3 Å². The third kappa shape index (κ3) is 4.16. The number of hydrogen-bond acceptors (Lipinski definition) is 4. The van der Waals surface area contributed by atoms with Gasteiger partial charge >= 0.3 is 0 Å². The highest BCUT2D eigenvalue weighted by Gasteiger charge is 2.25. The average molecular weight is 376 g/mol. The zero-order chi connectivity index (χ0) is 19.3. The zero-order valence-electron chi connectivity index (χ0n) is 15.4. The van der Waals surface area contributed by atoms with Crippen molar-refractivity contribution in [2.75, 3.05) is 23.3 Å². The second kappa shape index (κ2) is 8.23. The fourth-order valence-electron chi connectivity index (χ4n) is 2.44. The topological polar surface area (TPSA) is 75.7 Å². The first-order chi connectivity index (χ1) is 12.3. The van der Waals surface area contributed by atoms with Crippen LogP contribution in [0.5, 0.6) is 5.75 Å². The van der Waals surface area contributed by atoms with Crippen LogP contribution in [0, 0.1) is 5.92 Å². The summed E-state index contributed by atoms with van der Waals surface area (Å²) in [6, 6.07) is 13.3. The first kappa shape index (κ1) is 19.8. The van der Waals surface area contributed by atoms with E-state index in [1.807, 2.05) is 6.07 Å². The van der Waals surface area contributed by atoms with E-state index in [4.69, 9.17) is 4.74 Å². The molecule has 2 aromatic carbocycles. The summed E-state index contributed by atoms with van der Waals surface area (Å²) < 4.78 is 32.8. The molecule has 2 aromatic rings. The van der Waals surface area contributed by atoms with Gasteiger partial charge in [0, 0.05) is 12.5 Å². The van der Waals surface area contributed by atoms with Gasteiger partial charge in [0.1, 0.15) is 5.75 Å².